The van der Waals surface area contributed by atoms with Crippen molar-refractivity contribution in [1.82, 2.24) is 4.98 Å². The average molecular weight is 178 g/mol. The summed E-state index contributed by atoms with van der Waals surface area (Å²) in [6, 6.07) is 3.85. The molecule has 0 spiro atoms. The van der Waals surface area contributed by atoms with E-state index in [1.54, 1.807) is 12.3 Å². The lowest BCUT2D eigenvalue weighted by Crippen LogP contribution is -2.11. The number of nitrogens with zero attached hydrogens (tertiary/aromatic N) is 2. The maximum absolute atomic E-state index is 8.64. The van der Waals surface area contributed by atoms with E-state index in [2.05, 4.69) is 4.98 Å². The molecule has 0 aromatic carbocycles. The maximum Gasteiger partial charge on any atom is 0.135 e. The minimum absolute atomic E-state index is 0.0573. The van der Waals surface area contributed by atoms with Crippen LogP contribution in [-0.2, 0) is 0 Å². The molecule has 0 unspecified atom stereocenters. The first kappa shape index (κ1) is 9.74. The van der Waals surface area contributed by atoms with Crippen LogP contribution in [0.15, 0.2) is 24.4 Å². The molecule has 0 amide bonds. The molecule has 1 heterocycles. The second-order valence-corrected chi connectivity index (χ2v) is 2.90. The van der Waals surface area contributed by atoms with Crippen LogP contribution in [0, 0.1) is 0 Å². The fraction of sp³-hybridized carbons (Fsp3) is 0.300. The fourth-order valence-corrected chi connectivity index (χ4v) is 1.09. The third kappa shape index (κ3) is 2.56. The van der Waals surface area contributed by atoms with Crippen molar-refractivity contribution in [2.75, 3.05) is 25.6 Å². The van der Waals surface area contributed by atoms with Gasteiger partial charge in [-0.25, -0.2) is 4.98 Å². The molecule has 1 aromatic rings. The Labute approximate surface area is 78.3 Å². The molecule has 0 saturated carbocycles. The van der Waals surface area contributed by atoms with Gasteiger partial charge in [0.25, 0.3) is 0 Å². The number of aliphatic hydroxyl groups excluding tert-OH is 1. The van der Waals surface area contributed by atoms with Crippen molar-refractivity contribution in [3.63, 3.8) is 0 Å². The van der Waals surface area contributed by atoms with Crippen LogP contribution in [0.5, 0.6) is 0 Å². The van der Waals surface area contributed by atoms with E-state index in [-0.39, 0.29) is 6.61 Å². The predicted octanol–water partition coefficient (Wildman–Crippen LogP) is 1.15. The molecule has 0 aliphatic carbocycles. The zero-order valence-corrected chi connectivity index (χ0v) is 7.94. The SMILES string of the molecule is CN(C)c1ncccc1/C=C/CO. The molecular formula is C10H14N2O. The van der Waals surface area contributed by atoms with Crippen molar-refractivity contribution in [2.24, 2.45) is 0 Å². The molecule has 0 bridgehead atoms. The molecule has 0 aliphatic heterocycles. The maximum atomic E-state index is 8.64. The van der Waals surface area contributed by atoms with Gasteiger partial charge in [0.1, 0.15) is 5.82 Å². The minimum Gasteiger partial charge on any atom is -0.392 e. The number of anilines is 1. The van der Waals surface area contributed by atoms with Gasteiger partial charge >= 0.3 is 0 Å². The van der Waals surface area contributed by atoms with Crippen LogP contribution in [0.3, 0.4) is 0 Å². The van der Waals surface area contributed by atoms with Gasteiger partial charge in [0.05, 0.1) is 6.61 Å². The Morgan fingerprint density at radius 2 is 2.31 bits per heavy atom. The third-order valence-corrected chi connectivity index (χ3v) is 1.64. The Bertz CT molecular complexity index is 295. The second-order valence-electron chi connectivity index (χ2n) is 2.90. The molecule has 0 aliphatic rings. The van der Waals surface area contributed by atoms with E-state index in [4.69, 9.17) is 5.11 Å². The summed E-state index contributed by atoms with van der Waals surface area (Å²) in [7, 11) is 3.89. The zero-order chi connectivity index (χ0) is 9.68. The first-order valence-electron chi connectivity index (χ1n) is 4.15. The molecule has 1 aromatic heterocycles. The lowest BCUT2D eigenvalue weighted by molar-refractivity contribution is 0.343. The molecule has 0 fully saturated rings. The van der Waals surface area contributed by atoms with Crippen LogP contribution < -0.4 is 4.90 Å². The highest BCUT2D eigenvalue weighted by atomic mass is 16.2. The highest BCUT2D eigenvalue weighted by Crippen LogP contribution is 2.15. The summed E-state index contributed by atoms with van der Waals surface area (Å²) in [5, 5.41) is 8.64. The smallest absolute Gasteiger partial charge is 0.135 e. The molecule has 3 nitrogen and oxygen atoms in total. The summed E-state index contributed by atoms with van der Waals surface area (Å²) >= 11 is 0. The van der Waals surface area contributed by atoms with Crippen LogP contribution in [0.2, 0.25) is 0 Å². The topological polar surface area (TPSA) is 36.4 Å². The van der Waals surface area contributed by atoms with Crippen molar-refractivity contribution < 1.29 is 5.11 Å². The Balaban J connectivity index is 2.97. The van der Waals surface area contributed by atoms with Gasteiger partial charge < -0.3 is 10.0 Å². The number of rotatable bonds is 3. The summed E-state index contributed by atoms with van der Waals surface area (Å²) in [5.41, 5.74) is 1.02. The van der Waals surface area contributed by atoms with E-state index < -0.39 is 0 Å². The molecule has 0 saturated heterocycles. The normalized spacial score (nSPS) is 10.7. The van der Waals surface area contributed by atoms with E-state index in [1.165, 1.54) is 0 Å². The lowest BCUT2D eigenvalue weighted by Gasteiger charge is -2.13. The number of hydrogen-bond donors (Lipinski definition) is 1. The fourth-order valence-electron chi connectivity index (χ4n) is 1.09. The highest BCUT2D eigenvalue weighted by molar-refractivity contribution is 5.63. The standard InChI is InChI=1S/C10H14N2O/c1-12(2)10-9(6-4-8-13)5-3-7-11-10/h3-7,13H,8H2,1-2H3/b6-4+. The molecule has 0 radical (unpaired) electrons. The van der Waals surface area contributed by atoms with Crippen molar-refractivity contribution in [1.29, 1.82) is 0 Å². The molecule has 3 heteroatoms. The summed E-state index contributed by atoms with van der Waals surface area (Å²) in [6.07, 6.45) is 5.32. The Morgan fingerprint density at radius 1 is 1.54 bits per heavy atom. The molecule has 70 valence electrons. The van der Waals surface area contributed by atoms with Gasteiger partial charge in [0.2, 0.25) is 0 Å². The largest absolute Gasteiger partial charge is 0.392 e. The van der Waals surface area contributed by atoms with Crippen molar-refractivity contribution >= 4 is 11.9 Å². The van der Waals surface area contributed by atoms with Crippen LogP contribution in [0.25, 0.3) is 6.08 Å². The highest BCUT2D eigenvalue weighted by Gasteiger charge is 2.00. The Morgan fingerprint density at radius 3 is 2.92 bits per heavy atom. The van der Waals surface area contributed by atoms with Gasteiger partial charge in [-0.1, -0.05) is 12.2 Å². The molecule has 1 N–H and O–H groups in total. The second kappa shape index (κ2) is 4.62. The van der Waals surface area contributed by atoms with E-state index in [0.717, 1.165) is 11.4 Å². The summed E-state index contributed by atoms with van der Waals surface area (Å²) in [5.74, 6) is 0.909. The number of aliphatic hydroxyl groups is 1. The lowest BCUT2D eigenvalue weighted by atomic mass is 10.2. The quantitative estimate of drug-likeness (QED) is 0.754. The molecule has 13 heavy (non-hydrogen) atoms. The van der Waals surface area contributed by atoms with Gasteiger partial charge in [-0.3, -0.25) is 0 Å². The summed E-state index contributed by atoms with van der Waals surface area (Å²) < 4.78 is 0. The number of pyridine rings is 1. The molecule has 0 atom stereocenters. The zero-order valence-electron chi connectivity index (χ0n) is 7.94. The van der Waals surface area contributed by atoms with Gasteiger partial charge in [0, 0.05) is 25.9 Å². The van der Waals surface area contributed by atoms with Crippen molar-refractivity contribution in [3.8, 4) is 0 Å². The van der Waals surface area contributed by atoms with Gasteiger partial charge in [-0.15, -0.1) is 0 Å². The van der Waals surface area contributed by atoms with Gasteiger partial charge in [-0.2, -0.15) is 0 Å². The van der Waals surface area contributed by atoms with Gasteiger partial charge in [-0.05, 0) is 12.1 Å². The Kier molecular flexibility index (Phi) is 3.46. The van der Waals surface area contributed by atoms with Crippen molar-refractivity contribution in [3.05, 3.63) is 30.0 Å². The van der Waals surface area contributed by atoms with Crippen molar-refractivity contribution in [2.45, 2.75) is 0 Å². The summed E-state index contributed by atoms with van der Waals surface area (Å²) in [6.45, 7) is 0.0573. The van der Waals surface area contributed by atoms with Crippen LogP contribution in [0.1, 0.15) is 5.56 Å². The van der Waals surface area contributed by atoms with Crippen LogP contribution in [-0.4, -0.2) is 30.8 Å². The monoisotopic (exact) mass is 178 g/mol. The molecular weight excluding hydrogens is 164 g/mol. The predicted molar refractivity (Wildman–Crippen MR) is 54.7 cm³/mol. The Hall–Kier alpha value is -1.35. The number of aromatic nitrogens is 1. The van der Waals surface area contributed by atoms with Crippen LogP contribution in [0.4, 0.5) is 5.82 Å². The summed E-state index contributed by atoms with van der Waals surface area (Å²) in [4.78, 5) is 6.17. The number of hydrogen-bond acceptors (Lipinski definition) is 3. The van der Waals surface area contributed by atoms with E-state index >= 15 is 0 Å². The van der Waals surface area contributed by atoms with E-state index in [9.17, 15) is 0 Å². The van der Waals surface area contributed by atoms with E-state index in [0.29, 0.717) is 0 Å². The van der Waals surface area contributed by atoms with Crippen LogP contribution >= 0.6 is 0 Å². The minimum atomic E-state index is 0.0573. The first-order chi connectivity index (χ1) is 6.25. The third-order valence-electron chi connectivity index (χ3n) is 1.64. The van der Waals surface area contributed by atoms with Gasteiger partial charge in [0.15, 0.2) is 0 Å². The average Bonchev–Trinajstić information content (AvgIpc) is 2.15. The van der Waals surface area contributed by atoms with E-state index in [1.807, 2.05) is 37.2 Å². The molecule has 1 rings (SSSR count). The first-order valence-corrected chi connectivity index (χ1v) is 4.15.